The second-order valence-corrected chi connectivity index (χ2v) is 6.62. The van der Waals surface area contributed by atoms with E-state index < -0.39 is 0 Å². The van der Waals surface area contributed by atoms with Gasteiger partial charge in [-0.25, -0.2) is 0 Å². The molecule has 0 aliphatic carbocycles. The van der Waals surface area contributed by atoms with Gasteiger partial charge >= 0.3 is 0 Å². The minimum atomic E-state index is 0.748. The zero-order chi connectivity index (χ0) is 14.7. The van der Waals surface area contributed by atoms with Crippen molar-refractivity contribution in [3.63, 3.8) is 0 Å². The minimum absolute atomic E-state index is 0.748. The number of ether oxygens (including phenoxy) is 1. The number of hydrogen-bond donors (Lipinski definition) is 1. The highest BCUT2D eigenvalue weighted by Gasteiger charge is 1.94. The van der Waals surface area contributed by atoms with Crippen LogP contribution in [-0.4, -0.2) is 31.8 Å². The van der Waals surface area contributed by atoms with Crippen LogP contribution in [0.3, 0.4) is 0 Å². The Morgan fingerprint density at radius 3 is 1.60 bits per heavy atom. The average Bonchev–Trinajstić information content (AvgIpc) is 2.47. The Labute approximate surface area is 131 Å². The molecule has 0 heterocycles. The monoisotopic (exact) mass is 303 g/mol. The molecule has 0 atom stereocenters. The molecule has 0 saturated carbocycles. The lowest BCUT2D eigenvalue weighted by Gasteiger charge is -2.04. The van der Waals surface area contributed by atoms with Gasteiger partial charge in [0.2, 0.25) is 0 Å². The fourth-order valence-electron chi connectivity index (χ4n) is 2.33. The quantitative estimate of drug-likeness (QED) is 0.384. The topological polar surface area (TPSA) is 35.2 Å². The largest absolute Gasteiger partial charge is 0.381 e. The fourth-order valence-corrected chi connectivity index (χ4v) is 2.82. The number of hydrogen-bond acceptors (Lipinski definition) is 3. The summed E-state index contributed by atoms with van der Waals surface area (Å²) >= 11 is 1.97. The van der Waals surface area contributed by atoms with E-state index in [0.29, 0.717) is 0 Å². The van der Waals surface area contributed by atoms with Gasteiger partial charge in [-0.1, -0.05) is 57.8 Å². The van der Waals surface area contributed by atoms with E-state index in [-0.39, 0.29) is 0 Å². The molecular formula is C17H37NOS. The smallest absolute Gasteiger partial charge is 0.0478 e. The maximum absolute atomic E-state index is 5.49. The van der Waals surface area contributed by atoms with Crippen LogP contribution in [0, 0.1) is 0 Å². The Kier molecular flexibility index (Phi) is 19.5. The molecule has 122 valence electrons. The van der Waals surface area contributed by atoms with Crippen molar-refractivity contribution >= 4 is 11.8 Å². The highest BCUT2D eigenvalue weighted by molar-refractivity contribution is 7.98. The first-order valence-corrected chi connectivity index (χ1v) is 10.1. The number of rotatable bonds is 17. The van der Waals surface area contributed by atoms with Crippen LogP contribution in [0.4, 0.5) is 0 Å². The van der Waals surface area contributed by atoms with Crippen LogP contribution in [0.2, 0.25) is 0 Å². The van der Waals surface area contributed by atoms with Gasteiger partial charge < -0.3 is 10.5 Å². The van der Waals surface area contributed by atoms with Gasteiger partial charge in [-0.15, -0.1) is 0 Å². The lowest BCUT2D eigenvalue weighted by Crippen LogP contribution is -2.04. The van der Waals surface area contributed by atoms with Gasteiger partial charge in [-0.3, -0.25) is 0 Å². The molecule has 0 aromatic heterocycles. The molecule has 0 fully saturated rings. The highest BCUT2D eigenvalue weighted by Crippen LogP contribution is 2.12. The predicted octanol–water partition coefficient (Wildman–Crippen LogP) is 5.01. The van der Waals surface area contributed by atoms with Crippen molar-refractivity contribution in [3.8, 4) is 0 Å². The number of thioether (sulfide) groups is 1. The maximum atomic E-state index is 5.49. The zero-order valence-electron chi connectivity index (χ0n) is 13.7. The van der Waals surface area contributed by atoms with Crippen LogP contribution < -0.4 is 5.73 Å². The van der Waals surface area contributed by atoms with Gasteiger partial charge in [0.25, 0.3) is 0 Å². The lowest BCUT2D eigenvalue weighted by atomic mass is 10.1. The Morgan fingerprint density at radius 1 is 0.650 bits per heavy atom. The van der Waals surface area contributed by atoms with Gasteiger partial charge in [-0.2, -0.15) is 11.8 Å². The summed E-state index contributed by atoms with van der Waals surface area (Å²) in [5.41, 5.74) is 5.41. The molecule has 2 N–H and O–H groups in total. The van der Waals surface area contributed by atoms with Crippen molar-refractivity contribution in [2.75, 3.05) is 31.8 Å². The molecule has 0 rings (SSSR count). The lowest BCUT2D eigenvalue weighted by molar-refractivity contribution is 0.129. The molecule has 0 aliphatic heterocycles. The van der Waals surface area contributed by atoms with E-state index in [2.05, 4.69) is 6.26 Å². The SMILES string of the molecule is CSCCCCCCCCCCCCCOCCCN. The van der Waals surface area contributed by atoms with Crippen molar-refractivity contribution in [2.45, 2.75) is 77.0 Å². The molecule has 0 amide bonds. The predicted molar refractivity (Wildman–Crippen MR) is 93.7 cm³/mol. The number of unbranched alkanes of at least 4 members (excludes halogenated alkanes) is 10. The molecule has 3 heteroatoms. The summed E-state index contributed by atoms with van der Waals surface area (Å²) in [4.78, 5) is 0. The van der Waals surface area contributed by atoms with E-state index in [1.807, 2.05) is 11.8 Å². The second kappa shape index (κ2) is 19.3. The third-order valence-electron chi connectivity index (χ3n) is 3.63. The van der Waals surface area contributed by atoms with Crippen LogP contribution >= 0.6 is 11.8 Å². The summed E-state index contributed by atoms with van der Waals surface area (Å²) in [7, 11) is 0. The molecule has 0 aliphatic rings. The molecule has 0 unspecified atom stereocenters. The summed E-state index contributed by atoms with van der Waals surface area (Å²) in [5.74, 6) is 1.34. The third kappa shape index (κ3) is 18.3. The van der Waals surface area contributed by atoms with E-state index in [4.69, 9.17) is 10.5 Å². The van der Waals surface area contributed by atoms with Gasteiger partial charge in [0, 0.05) is 13.2 Å². The molecule has 0 aromatic rings. The highest BCUT2D eigenvalue weighted by atomic mass is 32.2. The molecule has 0 radical (unpaired) electrons. The minimum Gasteiger partial charge on any atom is -0.381 e. The summed E-state index contributed by atoms with van der Waals surface area (Å²) in [6.07, 6.45) is 18.6. The van der Waals surface area contributed by atoms with E-state index in [0.717, 1.165) is 26.2 Å². The molecule has 0 aromatic carbocycles. The van der Waals surface area contributed by atoms with Crippen molar-refractivity contribution in [2.24, 2.45) is 5.73 Å². The Bertz CT molecular complexity index is 149. The van der Waals surface area contributed by atoms with E-state index >= 15 is 0 Å². The zero-order valence-corrected chi connectivity index (χ0v) is 14.5. The maximum Gasteiger partial charge on any atom is 0.0478 e. The first-order chi connectivity index (χ1) is 9.91. The Hall–Kier alpha value is 0.270. The van der Waals surface area contributed by atoms with Crippen molar-refractivity contribution in [3.05, 3.63) is 0 Å². The van der Waals surface area contributed by atoms with Crippen molar-refractivity contribution in [1.82, 2.24) is 0 Å². The van der Waals surface area contributed by atoms with Gasteiger partial charge in [0.1, 0.15) is 0 Å². The van der Waals surface area contributed by atoms with Gasteiger partial charge in [-0.05, 0) is 37.8 Å². The van der Waals surface area contributed by atoms with Gasteiger partial charge in [0.15, 0.2) is 0 Å². The number of nitrogens with two attached hydrogens (primary N) is 1. The molecular weight excluding hydrogens is 266 g/mol. The second-order valence-electron chi connectivity index (χ2n) is 5.64. The molecule has 2 nitrogen and oxygen atoms in total. The van der Waals surface area contributed by atoms with E-state index in [1.54, 1.807) is 0 Å². The summed E-state index contributed by atoms with van der Waals surface area (Å²) in [6.45, 7) is 2.51. The standard InChI is InChI=1S/C17H37NOS/c1-20-17-12-10-8-6-4-2-3-5-7-9-11-15-19-16-13-14-18/h2-18H2,1H3. The summed E-state index contributed by atoms with van der Waals surface area (Å²) in [5, 5.41) is 0. The summed E-state index contributed by atoms with van der Waals surface area (Å²) < 4.78 is 5.49. The van der Waals surface area contributed by atoms with Gasteiger partial charge in [0.05, 0.1) is 0 Å². The van der Waals surface area contributed by atoms with Crippen LogP contribution in [-0.2, 0) is 4.74 Å². The van der Waals surface area contributed by atoms with Crippen molar-refractivity contribution < 1.29 is 4.74 Å². The first kappa shape index (κ1) is 20.3. The van der Waals surface area contributed by atoms with Crippen molar-refractivity contribution in [1.29, 1.82) is 0 Å². The van der Waals surface area contributed by atoms with E-state index in [1.165, 1.54) is 76.4 Å². The van der Waals surface area contributed by atoms with Crippen LogP contribution in [0.5, 0.6) is 0 Å². The molecule has 0 spiro atoms. The van der Waals surface area contributed by atoms with Crippen LogP contribution in [0.15, 0.2) is 0 Å². The van der Waals surface area contributed by atoms with Crippen LogP contribution in [0.1, 0.15) is 77.0 Å². The van der Waals surface area contributed by atoms with E-state index in [9.17, 15) is 0 Å². The fraction of sp³-hybridized carbons (Fsp3) is 1.00. The summed E-state index contributed by atoms with van der Waals surface area (Å²) in [6, 6.07) is 0. The Balaban J connectivity index is 2.89. The molecule has 0 saturated heterocycles. The van der Waals surface area contributed by atoms with Crippen LogP contribution in [0.25, 0.3) is 0 Å². The first-order valence-electron chi connectivity index (χ1n) is 8.68. The molecule has 0 bridgehead atoms. The normalized spacial score (nSPS) is 11.1. The molecule has 20 heavy (non-hydrogen) atoms. The Morgan fingerprint density at radius 2 is 1.10 bits per heavy atom. The third-order valence-corrected chi connectivity index (χ3v) is 4.33. The average molecular weight is 304 g/mol.